The highest BCUT2D eigenvalue weighted by Crippen LogP contribution is 2.35. The molecule has 0 saturated carbocycles. The van der Waals surface area contributed by atoms with Crippen molar-refractivity contribution in [2.24, 2.45) is 0 Å². The van der Waals surface area contributed by atoms with E-state index in [1.54, 1.807) is 4.90 Å². The first-order valence-electron chi connectivity index (χ1n) is 10.5. The van der Waals surface area contributed by atoms with E-state index in [2.05, 4.69) is 66.0 Å². The molecule has 2 N–H and O–H groups in total. The van der Waals surface area contributed by atoms with E-state index in [9.17, 15) is 4.79 Å². The molecule has 6 rings (SSSR count). The van der Waals surface area contributed by atoms with Gasteiger partial charge in [0.1, 0.15) is 6.04 Å². The fourth-order valence-electron chi connectivity index (χ4n) is 4.20. The van der Waals surface area contributed by atoms with Gasteiger partial charge in [0.05, 0.1) is 16.9 Å². The lowest BCUT2D eigenvalue weighted by molar-refractivity contribution is 0.0639. The molecule has 0 unspecified atom stereocenters. The molecule has 2 aliphatic heterocycles. The molecule has 0 bridgehead atoms. The number of hydrogen-bond acceptors (Lipinski definition) is 7. The van der Waals surface area contributed by atoms with Crippen LogP contribution in [0.1, 0.15) is 28.8 Å². The number of nitrogens with one attached hydrogen (secondary N) is 2. The first kappa shape index (κ1) is 21.6. The van der Waals surface area contributed by atoms with Gasteiger partial charge in [-0.05, 0) is 81.6 Å². The third-order valence-electron chi connectivity index (χ3n) is 5.80. The van der Waals surface area contributed by atoms with Crippen molar-refractivity contribution in [2.75, 3.05) is 6.54 Å². The van der Waals surface area contributed by atoms with Crippen LogP contribution in [0.3, 0.4) is 0 Å². The van der Waals surface area contributed by atoms with Gasteiger partial charge in [-0.1, -0.05) is 6.07 Å². The summed E-state index contributed by atoms with van der Waals surface area (Å²) in [6.45, 7) is 0.484. The quantitative estimate of drug-likeness (QED) is 0.316. The van der Waals surface area contributed by atoms with Gasteiger partial charge in [-0.15, -0.1) is 10.2 Å². The van der Waals surface area contributed by atoms with Gasteiger partial charge in [0.2, 0.25) is 5.89 Å². The molecular formula is C23H17I2N7O2. The first-order chi connectivity index (χ1) is 16.6. The lowest BCUT2D eigenvalue weighted by Gasteiger charge is -2.38. The van der Waals surface area contributed by atoms with Gasteiger partial charge >= 0.3 is 11.8 Å². The van der Waals surface area contributed by atoms with Crippen LogP contribution in [-0.4, -0.2) is 37.2 Å². The highest BCUT2D eigenvalue weighted by Gasteiger charge is 2.38. The van der Waals surface area contributed by atoms with E-state index in [1.807, 2.05) is 65.6 Å². The number of halogens is 2. The van der Waals surface area contributed by atoms with E-state index in [-0.39, 0.29) is 11.8 Å². The minimum absolute atomic E-state index is 0.0410. The van der Waals surface area contributed by atoms with Crippen LogP contribution in [0.2, 0.25) is 0 Å². The number of pyridine rings is 1. The van der Waals surface area contributed by atoms with E-state index in [0.717, 1.165) is 35.3 Å². The number of benzene rings is 1. The summed E-state index contributed by atoms with van der Waals surface area (Å²) in [5.41, 5.74) is 4.40. The predicted octanol–water partition coefficient (Wildman–Crippen LogP) is 4.06. The second-order valence-electron chi connectivity index (χ2n) is 7.85. The molecule has 5 heterocycles. The molecule has 0 spiro atoms. The van der Waals surface area contributed by atoms with Crippen LogP contribution in [0.5, 0.6) is 0 Å². The Balaban J connectivity index is 1.38. The number of hydrogen-bond donors (Lipinski definition) is 2. The Hall–Kier alpha value is -2.94. The standard InChI is InChI=1S/C23H17I2N7O2/c24-15-5-4-13(11-16(15)25)21-28-29-22(34-21)23(33)31-10-6-17-19(27-8-7-26-17)20(31)18-12-14-3-1-2-9-32(14)30-18/h1-5,7-9,11-12,20,26-27H,6,10H2/t20-/m0/s1. The minimum atomic E-state index is -0.428. The number of carbonyl (C=O) groups is 1. The maximum atomic E-state index is 13.6. The number of aromatic nitrogens is 4. The summed E-state index contributed by atoms with van der Waals surface area (Å²) in [7, 11) is 0. The number of nitrogens with zero attached hydrogens (tertiary/aromatic N) is 5. The van der Waals surface area contributed by atoms with Crippen LogP contribution in [0.4, 0.5) is 0 Å². The van der Waals surface area contributed by atoms with E-state index in [4.69, 9.17) is 9.52 Å². The van der Waals surface area contributed by atoms with Crippen molar-refractivity contribution in [3.05, 3.63) is 91.2 Å². The van der Waals surface area contributed by atoms with Crippen LogP contribution >= 0.6 is 45.2 Å². The van der Waals surface area contributed by atoms with E-state index >= 15 is 0 Å². The van der Waals surface area contributed by atoms with Crippen LogP contribution in [0.15, 0.2) is 76.9 Å². The molecule has 9 nitrogen and oxygen atoms in total. The Morgan fingerprint density at radius 2 is 1.94 bits per heavy atom. The highest BCUT2D eigenvalue weighted by molar-refractivity contribution is 14.1. The van der Waals surface area contributed by atoms with Crippen LogP contribution in [-0.2, 0) is 0 Å². The zero-order valence-electron chi connectivity index (χ0n) is 17.6. The normalized spacial score (nSPS) is 17.5. The van der Waals surface area contributed by atoms with Crippen molar-refractivity contribution in [2.45, 2.75) is 12.5 Å². The third-order valence-corrected chi connectivity index (χ3v) is 8.66. The van der Waals surface area contributed by atoms with Crippen molar-refractivity contribution in [1.29, 1.82) is 0 Å². The largest absolute Gasteiger partial charge is 0.412 e. The average molecular weight is 677 g/mol. The summed E-state index contributed by atoms with van der Waals surface area (Å²) >= 11 is 4.53. The summed E-state index contributed by atoms with van der Waals surface area (Å²) in [6, 6.07) is 13.3. The van der Waals surface area contributed by atoms with Crippen LogP contribution < -0.4 is 10.6 Å². The molecule has 11 heteroatoms. The lowest BCUT2D eigenvalue weighted by atomic mass is 9.98. The van der Waals surface area contributed by atoms with Gasteiger partial charge in [-0.25, -0.2) is 4.52 Å². The zero-order valence-corrected chi connectivity index (χ0v) is 21.9. The molecule has 1 aromatic carbocycles. The molecule has 0 aliphatic carbocycles. The molecule has 3 aromatic heterocycles. The van der Waals surface area contributed by atoms with E-state index in [0.29, 0.717) is 18.9 Å². The Morgan fingerprint density at radius 3 is 2.79 bits per heavy atom. The predicted molar refractivity (Wildman–Crippen MR) is 141 cm³/mol. The Bertz CT molecular complexity index is 1460. The van der Waals surface area contributed by atoms with Gasteiger partial charge in [0.15, 0.2) is 0 Å². The molecule has 0 radical (unpaired) electrons. The first-order valence-corrected chi connectivity index (χ1v) is 12.7. The minimum Gasteiger partial charge on any atom is -0.412 e. The van der Waals surface area contributed by atoms with Gasteiger partial charge < -0.3 is 20.0 Å². The molecule has 0 saturated heterocycles. The Labute approximate surface area is 221 Å². The summed E-state index contributed by atoms with van der Waals surface area (Å²) in [6.07, 6.45) is 6.23. The fraction of sp³-hybridized carbons (Fsp3) is 0.130. The summed E-state index contributed by atoms with van der Waals surface area (Å²) in [4.78, 5) is 15.4. The van der Waals surface area contributed by atoms with Gasteiger partial charge in [-0.3, -0.25) is 4.79 Å². The maximum absolute atomic E-state index is 13.6. The third kappa shape index (κ3) is 3.76. The van der Waals surface area contributed by atoms with Crippen LogP contribution in [0.25, 0.3) is 17.0 Å². The Kier molecular flexibility index (Phi) is 5.51. The Morgan fingerprint density at radius 1 is 1.06 bits per heavy atom. The molecule has 170 valence electrons. The molecular weight excluding hydrogens is 660 g/mol. The average Bonchev–Trinajstić information content (AvgIpc) is 3.52. The highest BCUT2D eigenvalue weighted by atomic mass is 127. The molecule has 4 aromatic rings. The number of amides is 1. The number of rotatable bonds is 3. The molecule has 2 aliphatic rings. The van der Waals surface area contributed by atoms with Crippen molar-refractivity contribution in [1.82, 2.24) is 35.3 Å². The molecule has 34 heavy (non-hydrogen) atoms. The monoisotopic (exact) mass is 677 g/mol. The van der Waals surface area contributed by atoms with Crippen LogP contribution in [0, 0.1) is 7.14 Å². The maximum Gasteiger partial charge on any atom is 0.312 e. The number of fused-ring (bicyclic) bond motifs is 1. The summed E-state index contributed by atoms with van der Waals surface area (Å²) < 4.78 is 9.86. The number of carbonyl (C=O) groups excluding carboxylic acids is 1. The van der Waals surface area contributed by atoms with Gasteiger partial charge in [0, 0.05) is 50.0 Å². The molecule has 1 atom stereocenters. The SMILES string of the molecule is O=C(c1nnc(-c2ccc(I)c(I)c2)o1)N1CCC2=C(NC=CN2)[C@@H]1c1cc2ccccn2n1. The van der Waals surface area contributed by atoms with Crippen molar-refractivity contribution in [3.63, 3.8) is 0 Å². The second-order valence-corrected chi connectivity index (χ2v) is 10.2. The second kappa shape index (κ2) is 8.69. The van der Waals surface area contributed by atoms with E-state index < -0.39 is 6.04 Å². The van der Waals surface area contributed by atoms with E-state index in [1.165, 1.54) is 0 Å². The smallest absolute Gasteiger partial charge is 0.312 e. The van der Waals surface area contributed by atoms with Crippen molar-refractivity contribution in [3.8, 4) is 11.5 Å². The topological polar surface area (TPSA) is 101 Å². The lowest BCUT2D eigenvalue weighted by Crippen LogP contribution is -2.45. The van der Waals surface area contributed by atoms with Gasteiger partial charge in [0.25, 0.3) is 0 Å². The molecule has 1 amide bonds. The zero-order chi connectivity index (χ0) is 23.2. The van der Waals surface area contributed by atoms with Gasteiger partial charge in [-0.2, -0.15) is 5.10 Å². The molecule has 0 fully saturated rings. The van der Waals surface area contributed by atoms with Crippen molar-refractivity contribution < 1.29 is 9.21 Å². The summed E-state index contributed by atoms with van der Waals surface area (Å²) in [5.74, 6) is -0.0520. The van der Waals surface area contributed by atoms with Crippen molar-refractivity contribution >= 4 is 56.6 Å². The summed E-state index contributed by atoms with van der Waals surface area (Å²) in [5, 5.41) is 19.6. The fourth-order valence-corrected chi connectivity index (χ4v) is 5.05.